The summed E-state index contributed by atoms with van der Waals surface area (Å²) in [6, 6.07) is 12.4. The number of piperazine rings is 1. The van der Waals surface area contributed by atoms with Crippen LogP contribution in [0.4, 0.5) is 11.5 Å². The van der Waals surface area contributed by atoms with E-state index in [1.165, 1.54) is 10.5 Å². The molecule has 44 heavy (non-hydrogen) atoms. The zero-order chi connectivity index (χ0) is 30.8. The van der Waals surface area contributed by atoms with Gasteiger partial charge in [-0.15, -0.1) is 11.3 Å². The molecule has 1 atom stereocenters. The summed E-state index contributed by atoms with van der Waals surface area (Å²) in [6.07, 6.45) is 7.04. The molecule has 1 N–H and O–H groups in total. The molecular weight excluding hydrogens is 601 g/mol. The van der Waals surface area contributed by atoms with Gasteiger partial charge in [0.05, 0.1) is 24.9 Å². The van der Waals surface area contributed by atoms with Crippen LogP contribution >= 0.6 is 11.3 Å². The van der Waals surface area contributed by atoms with Crippen molar-refractivity contribution in [1.29, 1.82) is 0 Å². The molecule has 6 rings (SSSR count). The smallest absolute Gasteiger partial charge is 0.348 e. The number of carboxylic acids is 1. The van der Waals surface area contributed by atoms with E-state index in [2.05, 4.69) is 9.88 Å². The third kappa shape index (κ3) is 6.26. The van der Waals surface area contributed by atoms with Crippen LogP contribution in [-0.4, -0.2) is 80.1 Å². The van der Waals surface area contributed by atoms with Gasteiger partial charge in [-0.2, -0.15) is 4.31 Å². The van der Waals surface area contributed by atoms with Crippen LogP contribution in [0.2, 0.25) is 0 Å². The summed E-state index contributed by atoms with van der Waals surface area (Å²) in [5, 5.41) is 10.2. The van der Waals surface area contributed by atoms with Crippen molar-refractivity contribution < 1.29 is 27.9 Å². The summed E-state index contributed by atoms with van der Waals surface area (Å²) in [4.78, 5) is 35.5. The second kappa shape index (κ2) is 13.0. The molecule has 3 aromatic rings. The lowest BCUT2D eigenvalue weighted by Gasteiger charge is -2.44. The van der Waals surface area contributed by atoms with Gasteiger partial charge in [0.15, 0.2) is 0 Å². The maximum Gasteiger partial charge on any atom is 0.348 e. The number of carbonyl (C=O) groups is 2. The Bertz CT molecular complexity index is 1590. The number of carbonyl (C=O) groups excluding carboxylic acids is 1. The largest absolute Gasteiger partial charge is 0.477 e. The van der Waals surface area contributed by atoms with Crippen molar-refractivity contribution in [3.8, 4) is 10.4 Å². The first-order valence-corrected chi connectivity index (χ1v) is 17.5. The van der Waals surface area contributed by atoms with Crippen molar-refractivity contribution in [3.05, 3.63) is 59.1 Å². The first kappa shape index (κ1) is 30.7. The van der Waals surface area contributed by atoms with E-state index in [9.17, 15) is 23.1 Å². The molecular formula is C32H38N4O6S2. The molecule has 0 bridgehead atoms. The number of aryl methyl sites for hydroxylation is 1. The fourth-order valence-electron chi connectivity index (χ4n) is 6.55. The van der Waals surface area contributed by atoms with Crippen LogP contribution in [0, 0.1) is 12.8 Å². The number of rotatable bonds is 7. The standard InChI is InChI=1S/C32H38N4O6S2/c1-22-8-10-24(11-9-22)28-18-26(31(43-28)32(38)39)36-27(23-6-3-2-4-7-23)20-35(21-30(36)37)44(40,41)25-12-13-29(33-19-25)34-14-5-16-42-17-15-34/h8-13,18-19,23,27H,2-7,14-17,20-21H2,1H3,(H,38,39)/t27-/m0/s1. The van der Waals surface area contributed by atoms with E-state index in [0.717, 1.165) is 72.4 Å². The van der Waals surface area contributed by atoms with Crippen LogP contribution in [0.15, 0.2) is 53.6 Å². The van der Waals surface area contributed by atoms with E-state index in [-0.39, 0.29) is 28.8 Å². The number of aromatic nitrogens is 1. The Hall–Kier alpha value is -3.32. The number of hydrogen-bond donors (Lipinski definition) is 1. The summed E-state index contributed by atoms with van der Waals surface area (Å²) in [7, 11) is -4.03. The summed E-state index contributed by atoms with van der Waals surface area (Å²) in [6.45, 7) is 4.47. The Labute approximate surface area is 262 Å². The van der Waals surface area contributed by atoms with Gasteiger partial charge in [-0.25, -0.2) is 18.2 Å². The van der Waals surface area contributed by atoms with E-state index in [0.29, 0.717) is 31.3 Å². The molecule has 0 radical (unpaired) electrons. The number of carboxylic acid groups (broad SMARTS) is 1. The van der Waals surface area contributed by atoms with Gasteiger partial charge < -0.3 is 19.6 Å². The quantitative estimate of drug-likeness (QED) is 0.383. The fraction of sp³-hybridized carbons (Fsp3) is 0.469. The van der Waals surface area contributed by atoms with Crippen LogP contribution in [0.25, 0.3) is 10.4 Å². The van der Waals surface area contributed by atoms with E-state index in [4.69, 9.17) is 4.74 Å². The van der Waals surface area contributed by atoms with Crippen LogP contribution < -0.4 is 9.80 Å². The number of sulfonamides is 1. The maximum atomic E-state index is 14.0. The highest BCUT2D eigenvalue weighted by molar-refractivity contribution is 7.89. The zero-order valence-electron chi connectivity index (χ0n) is 24.9. The van der Waals surface area contributed by atoms with Gasteiger partial charge in [0.1, 0.15) is 15.6 Å². The van der Waals surface area contributed by atoms with Crippen molar-refractivity contribution in [2.45, 2.75) is 56.4 Å². The lowest BCUT2D eigenvalue weighted by molar-refractivity contribution is -0.121. The molecule has 3 fully saturated rings. The van der Waals surface area contributed by atoms with E-state index in [1.54, 1.807) is 23.1 Å². The first-order valence-electron chi connectivity index (χ1n) is 15.3. The molecule has 10 nitrogen and oxygen atoms in total. The monoisotopic (exact) mass is 638 g/mol. The summed E-state index contributed by atoms with van der Waals surface area (Å²) in [5.41, 5.74) is 2.32. The normalized spacial score (nSPS) is 20.9. The number of aromatic carboxylic acids is 1. The number of amides is 1. The molecule has 0 unspecified atom stereocenters. The highest BCUT2D eigenvalue weighted by Crippen LogP contribution is 2.42. The third-order valence-corrected chi connectivity index (χ3v) is 11.9. The number of hydrogen-bond acceptors (Lipinski definition) is 8. The average Bonchev–Trinajstić information content (AvgIpc) is 3.29. The SMILES string of the molecule is Cc1ccc(-c2cc(N3C(=O)CN(S(=O)(=O)c4ccc(N5CCCOCC5)nc4)C[C@H]3C3CCCCC3)c(C(=O)O)s2)cc1. The lowest BCUT2D eigenvalue weighted by atomic mass is 9.82. The van der Waals surface area contributed by atoms with Crippen LogP contribution in [0.1, 0.15) is 53.8 Å². The van der Waals surface area contributed by atoms with Gasteiger partial charge in [-0.1, -0.05) is 49.1 Å². The maximum absolute atomic E-state index is 14.0. The Kier molecular flexibility index (Phi) is 9.04. The Morgan fingerprint density at radius 1 is 1.02 bits per heavy atom. The molecule has 2 saturated heterocycles. The van der Waals surface area contributed by atoms with Gasteiger partial charge in [0, 0.05) is 37.3 Å². The van der Waals surface area contributed by atoms with E-state index in [1.807, 2.05) is 31.2 Å². The van der Waals surface area contributed by atoms with Crippen LogP contribution in [-0.2, 0) is 19.6 Å². The van der Waals surface area contributed by atoms with Crippen molar-refractivity contribution in [2.24, 2.45) is 5.92 Å². The molecule has 0 spiro atoms. The second-order valence-electron chi connectivity index (χ2n) is 11.8. The molecule has 2 aliphatic heterocycles. The van der Waals surface area contributed by atoms with E-state index >= 15 is 0 Å². The minimum absolute atomic E-state index is 0.0411. The molecule has 1 aliphatic carbocycles. The molecule has 4 heterocycles. The summed E-state index contributed by atoms with van der Waals surface area (Å²) in [5.74, 6) is -0.768. The van der Waals surface area contributed by atoms with Gasteiger partial charge in [-0.3, -0.25) is 4.79 Å². The molecule has 1 aromatic carbocycles. The minimum atomic E-state index is -4.03. The van der Waals surface area contributed by atoms with Gasteiger partial charge in [0.2, 0.25) is 15.9 Å². The fourth-order valence-corrected chi connectivity index (χ4v) is 8.90. The predicted molar refractivity (Wildman–Crippen MR) is 170 cm³/mol. The van der Waals surface area contributed by atoms with E-state index < -0.39 is 27.9 Å². The third-order valence-electron chi connectivity index (χ3n) is 8.90. The lowest BCUT2D eigenvalue weighted by Crippen LogP contribution is -2.60. The summed E-state index contributed by atoms with van der Waals surface area (Å²) < 4.78 is 34.6. The number of benzene rings is 1. The number of anilines is 2. The number of ether oxygens (including phenoxy) is 1. The number of thiophene rings is 1. The molecule has 2 aromatic heterocycles. The molecule has 1 amide bonds. The van der Waals surface area contributed by atoms with Gasteiger partial charge >= 0.3 is 5.97 Å². The average molecular weight is 639 g/mol. The van der Waals surface area contributed by atoms with Gasteiger partial charge in [-0.05, 0) is 55.9 Å². The Morgan fingerprint density at radius 3 is 2.50 bits per heavy atom. The molecule has 12 heteroatoms. The van der Waals surface area contributed by atoms with Crippen LogP contribution in [0.3, 0.4) is 0 Å². The van der Waals surface area contributed by atoms with Crippen molar-refractivity contribution in [1.82, 2.24) is 9.29 Å². The van der Waals surface area contributed by atoms with Crippen molar-refractivity contribution in [2.75, 3.05) is 49.2 Å². The predicted octanol–water partition coefficient (Wildman–Crippen LogP) is 5.03. The van der Waals surface area contributed by atoms with Gasteiger partial charge in [0.25, 0.3) is 0 Å². The topological polar surface area (TPSA) is 120 Å². The Balaban J connectivity index is 1.32. The first-order chi connectivity index (χ1) is 21.2. The Morgan fingerprint density at radius 2 is 1.80 bits per heavy atom. The molecule has 1 saturated carbocycles. The van der Waals surface area contributed by atoms with Crippen molar-refractivity contribution in [3.63, 3.8) is 0 Å². The zero-order valence-corrected chi connectivity index (χ0v) is 26.5. The number of nitrogens with zero attached hydrogens (tertiary/aromatic N) is 4. The summed E-state index contributed by atoms with van der Waals surface area (Å²) >= 11 is 1.14. The van der Waals surface area contributed by atoms with Crippen molar-refractivity contribution >= 4 is 44.7 Å². The molecule has 234 valence electrons. The minimum Gasteiger partial charge on any atom is -0.477 e. The van der Waals surface area contributed by atoms with Crippen LogP contribution in [0.5, 0.6) is 0 Å². The highest BCUT2D eigenvalue weighted by Gasteiger charge is 2.44. The number of pyridine rings is 1. The highest BCUT2D eigenvalue weighted by atomic mass is 32.2. The second-order valence-corrected chi connectivity index (χ2v) is 14.8. The molecule has 3 aliphatic rings.